The molecule has 1 aromatic heterocycles. The van der Waals surface area contributed by atoms with Gasteiger partial charge in [0.1, 0.15) is 0 Å². The second-order valence-corrected chi connectivity index (χ2v) is 5.59. The van der Waals surface area contributed by atoms with E-state index in [2.05, 4.69) is 10.3 Å². The molecule has 2 nitrogen and oxygen atoms in total. The van der Waals surface area contributed by atoms with E-state index in [1.165, 1.54) is 0 Å². The fourth-order valence-electron chi connectivity index (χ4n) is 2.02. The van der Waals surface area contributed by atoms with E-state index in [1.54, 1.807) is 0 Å². The molecular formula is C16H17F3N2. The molecule has 0 fully saturated rings. The van der Waals surface area contributed by atoms with E-state index in [-0.39, 0.29) is 5.82 Å². The molecule has 2 aromatic rings. The standard InChI is InChI=1S/C16H17F3N2/c1-16(2,9-8-11-6-4-3-5-7-11)21-15-13(18)10-12(17)14(19)20-15/h3-7,10H,8-9H2,1-2H3,(H,20,21). The number of hydrogen-bond acceptors (Lipinski definition) is 2. The normalized spacial score (nSPS) is 11.5. The minimum absolute atomic E-state index is 0.271. The number of nitrogens with zero attached hydrogens (tertiary/aromatic N) is 1. The first-order valence-corrected chi connectivity index (χ1v) is 6.71. The van der Waals surface area contributed by atoms with Crippen molar-refractivity contribution in [1.82, 2.24) is 4.98 Å². The molecule has 0 saturated heterocycles. The molecule has 0 radical (unpaired) electrons. The molecule has 21 heavy (non-hydrogen) atoms. The van der Waals surface area contributed by atoms with Crippen molar-refractivity contribution in [2.24, 2.45) is 0 Å². The van der Waals surface area contributed by atoms with Crippen LogP contribution in [0.25, 0.3) is 0 Å². The van der Waals surface area contributed by atoms with E-state index >= 15 is 0 Å². The van der Waals surface area contributed by atoms with Gasteiger partial charge in [-0.15, -0.1) is 0 Å². The number of rotatable bonds is 5. The Morgan fingerprint density at radius 1 is 1.05 bits per heavy atom. The maximum absolute atomic E-state index is 13.6. The smallest absolute Gasteiger partial charge is 0.251 e. The van der Waals surface area contributed by atoms with Crippen LogP contribution in [-0.2, 0) is 6.42 Å². The first-order valence-electron chi connectivity index (χ1n) is 6.71. The van der Waals surface area contributed by atoms with E-state index in [0.29, 0.717) is 12.5 Å². The molecule has 112 valence electrons. The lowest BCUT2D eigenvalue weighted by molar-refractivity contribution is 0.458. The maximum atomic E-state index is 13.6. The Bertz CT molecular complexity index is 612. The van der Waals surface area contributed by atoms with E-state index < -0.39 is 23.1 Å². The van der Waals surface area contributed by atoms with Gasteiger partial charge in [0, 0.05) is 11.6 Å². The van der Waals surface area contributed by atoms with Gasteiger partial charge in [0.2, 0.25) is 0 Å². The molecule has 0 aliphatic carbocycles. The quantitative estimate of drug-likeness (QED) is 0.831. The average molecular weight is 294 g/mol. The highest BCUT2D eigenvalue weighted by atomic mass is 19.2. The molecule has 0 spiro atoms. The second-order valence-electron chi connectivity index (χ2n) is 5.59. The summed E-state index contributed by atoms with van der Waals surface area (Å²) in [5.74, 6) is -3.77. The van der Waals surface area contributed by atoms with Gasteiger partial charge in [0.25, 0.3) is 5.95 Å². The zero-order valence-electron chi connectivity index (χ0n) is 12.0. The van der Waals surface area contributed by atoms with Crippen molar-refractivity contribution in [2.45, 2.75) is 32.2 Å². The third-order valence-corrected chi connectivity index (χ3v) is 3.22. The Balaban J connectivity index is 2.05. The van der Waals surface area contributed by atoms with Crippen LogP contribution in [0.15, 0.2) is 36.4 Å². The van der Waals surface area contributed by atoms with Crippen LogP contribution in [-0.4, -0.2) is 10.5 Å². The summed E-state index contributed by atoms with van der Waals surface area (Å²) in [6.45, 7) is 3.72. The summed E-state index contributed by atoms with van der Waals surface area (Å²) < 4.78 is 39.5. The zero-order valence-corrected chi connectivity index (χ0v) is 12.0. The van der Waals surface area contributed by atoms with E-state index in [9.17, 15) is 13.2 Å². The van der Waals surface area contributed by atoms with Gasteiger partial charge < -0.3 is 5.32 Å². The first-order chi connectivity index (χ1) is 9.87. The predicted molar refractivity (Wildman–Crippen MR) is 76.6 cm³/mol. The molecular weight excluding hydrogens is 277 g/mol. The molecule has 0 atom stereocenters. The summed E-state index contributed by atoms with van der Waals surface area (Å²) in [6, 6.07) is 10.4. The van der Waals surface area contributed by atoms with Gasteiger partial charge in [-0.1, -0.05) is 30.3 Å². The number of aryl methyl sites for hydroxylation is 1. The van der Waals surface area contributed by atoms with Crippen LogP contribution in [0.5, 0.6) is 0 Å². The molecule has 0 amide bonds. The van der Waals surface area contributed by atoms with Crippen molar-refractivity contribution in [2.75, 3.05) is 5.32 Å². The molecule has 0 saturated carbocycles. The highest BCUT2D eigenvalue weighted by Crippen LogP contribution is 2.22. The lowest BCUT2D eigenvalue weighted by Crippen LogP contribution is -2.32. The van der Waals surface area contributed by atoms with Gasteiger partial charge >= 0.3 is 0 Å². The van der Waals surface area contributed by atoms with Gasteiger partial charge in [-0.25, -0.2) is 8.78 Å². The van der Waals surface area contributed by atoms with Gasteiger partial charge in [0.15, 0.2) is 17.5 Å². The zero-order chi connectivity index (χ0) is 15.5. The summed E-state index contributed by atoms with van der Waals surface area (Å²) in [7, 11) is 0. The Hall–Kier alpha value is -2.04. The predicted octanol–water partition coefficient (Wildman–Crippen LogP) is 4.32. The number of nitrogens with one attached hydrogen (secondary N) is 1. The lowest BCUT2D eigenvalue weighted by atomic mass is 9.95. The molecule has 0 aliphatic rings. The summed E-state index contributed by atoms with van der Waals surface area (Å²) in [5, 5.41) is 2.83. The molecule has 0 bridgehead atoms. The lowest BCUT2D eigenvalue weighted by Gasteiger charge is -2.27. The molecule has 1 aromatic carbocycles. The van der Waals surface area contributed by atoms with Crippen molar-refractivity contribution in [3.8, 4) is 0 Å². The van der Waals surface area contributed by atoms with Crippen LogP contribution in [0.1, 0.15) is 25.8 Å². The Kier molecular flexibility index (Phi) is 4.50. The maximum Gasteiger partial charge on any atom is 0.251 e. The van der Waals surface area contributed by atoms with Crippen molar-refractivity contribution >= 4 is 5.82 Å². The SMILES string of the molecule is CC(C)(CCc1ccccc1)Nc1nc(F)c(F)cc1F. The van der Waals surface area contributed by atoms with Gasteiger partial charge in [-0.3, -0.25) is 0 Å². The topological polar surface area (TPSA) is 24.9 Å². The fraction of sp³-hybridized carbons (Fsp3) is 0.312. The number of pyridine rings is 1. The molecule has 1 heterocycles. The molecule has 5 heteroatoms. The number of anilines is 1. The average Bonchev–Trinajstić information content (AvgIpc) is 2.44. The second kappa shape index (κ2) is 6.16. The Morgan fingerprint density at radius 2 is 1.71 bits per heavy atom. The summed E-state index contributed by atoms with van der Waals surface area (Å²) in [4.78, 5) is 3.28. The van der Waals surface area contributed by atoms with Crippen molar-refractivity contribution in [3.05, 3.63) is 59.5 Å². The third-order valence-electron chi connectivity index (χ3n) is 3.22. The fourth-order valence-corrected chi connectivity index (χ4v) is 2.02. The van der Waals surface area contributed by atoms with Gasteiger partial charge in [0.05, 0.1) is 0 Å². The van der Waals surface area contributed by atoms with Gasteiger partial charge in [-0.2, -0.15) is 9.37 Å². The Labute approximate surface area is 122 Å². The number of hydrogen-bond donors (Lipinski definition) is 1. The van der Waals surface area contributed by atoms with Crippen LogP contribution in [0.2, 0.25) is 0 Å². The summed E-state index contributed by atoms with van der Waals surface area (Å²) >= 11 is 0. The van der Waals surface area contributed by atoms with E-state index in [1.807, 2.05) is 44.2 Å². The summed E-state index contributed by atoms with van der Waals surface area (Å²) in [6.07, 6.45) is 1.48. The number of halogens is 3. The van der Waals surface area contributed by atoms with Crippen LogP contribution in [0, 0.1) is 17.6 Å². The molecule has 0 aliphatic heterocycles. The van der Waals surface area contributed by atoms with Crippen LogP contribution in [0.3, 0.4) is 0 Å². The number of aromatic nitrogens is 1. The molecule has 1 N–H and O–H groups in total. The largest absolute Gasteiger partial charge is 0.363 e. The third kappa shape index (κ3) is 4.21. The molecule has 0 unspecified atom stereocenters. The molecule has 2 rings (SSSR count). The highest BCUT2D eigenvalue weighted by Gasteiger charge is 2.21. The van der Waals surface area contributed by atoms with Crippen molar-refractivity contribution in [1.29, 1.82) is 0 Å². The van der Waals surface area contributed by atoms with E-state index in [4.69, 9.17) is 0 Å². The minimum Gasteiger partial charge on any atom is -0.363 e. The van der Waals surface area contributed by atoms with Gasteiger partial charge in [-0.05, 0) is 32.3 Å². The summed E-state index contributed by atoms with van der Waals surface area (Å²) in [5.41, 5.74) is 0.652. The monoisotopic (exact) mass is 294 g/mol. The Morgan fingerprint density at radius 3 is 2.38 bits per heavy atom. The first kappa shape index (κ1) is 15.4. The van der Waals surface area contributed by atoms with Crippen LogP contribution < -0.4 is 5.32 Å². The minimum atomic E-state index is -1.31. The van der Waals surface area contributed by atoms with Crippen molar-refractivity contribution < 1.29 is 13.2 Å². The van der Waals surface area contributed by atoms with Crippen molar-refractivity contribution in [3.63, 3.8) is 0 Å². The van der Waals surface area contributed by atoms with Crippen LogP contribution in [0.4, 0.5) is 19.0 Å². The number of benzene rings is 1. The highest BCUT2D eigenvalue weighted by molar-refractivity contribution is 5.39. The van der Waals surface area contributed by atoms with E-state index in [0.717, 1.165) is 12.0 Å². The van der Waals surface area contributed by atoms with Crippen LogP contribution >= 0.6 is 0 Å².